The van der Waals surface area contributed by atoms with Crippen molar-refractivity contribution in [1.29, 1.82) is 0 Å². The quantitative estimate of drug-likeness (QED) is 0.639. The van der Waals surface area contributed by atoms with Gasteiger partial charge in [-0.05, 0) is 13.1 Å². The fourth-order valence-corrected chi connectivity index (χ4v) is 1.95. The van der Waals surface area contributed by atoms with Gasteiger partial charge in [0, 0.05) is 25.2 Å². The van der Waals surface area contributed by atoms with E-state index in [0.717, 1.165) is 18.2 Å². The summed E-state index contributed by atoms with van der Waals surface area (Å²) in [6.07, 6.45) is -1.33. The average Bonchev–Trinajstić information content (AvgIpc) is 2.57. The van der Waals surface area contributed by atoms with Gasteiger partial charge in [0.25, 0.3) is 0 Å². The Morgan fingerprint density at radius 3 is 2.83 bits per heavy atom. The van der Waals surface area contributed by atoms with E-state index in [1.165, 1.54) is 0 Å². The van der Waals surface area contributed by atoms with Crippen LogP contribution in [0.15, 0.2) is 18.2 Å². The number of aliphatic hydroxyl groups is 1. The first-order valence-electron chi connectivity index (χ1n) is 5.44. The highest BCUT2D eigenvalue weighted by Crippen LogP contribution is 2.29. The number of rotatable bonds is 3. The number of nitrogens with zero attached hydrogens (tertiary/aromatic N) is 2. The van der Waals surface area contributed by atoms with Crippen LogP contribution in [0.1, 0.15) is 0 Å². The number of likely N-dealkylation sites (tertiary alicyclic amines) is 1. The van der Waals surface area contributed by atoms with Crippen molar-refractivity contribution >= 4 is 5.69 Å². The number of benzene rings is 1. The van der Waals surface area contributed by atoms with E-state index in [1.54, 1.807) is 7.05 Å². The highest BCUT2D eigenvalue weighted by atomic mass is 19.1. The van der Waals surface area contributed by atoms with Crippen molar-refractivity contribution in [3.8, 4) is 5.75 Å². The van der Waals surface area contributed by atoms with E-state index in [9.17, 15) is 19.6 Å². The lowest BCUT2D eigenvalue weighted by Gasteiger charge is -2.16. The molecule has 1 heterocycles. The molecule has 1 aliphatic rings. The van der Waals surface area contributed by atoms with Gasteiger partial charge in [-0.3, -0.25) is 15.0 Å². The van der Waals surface area contributed by atoms with Gasteiger partial charge < -0.3 is 9.84 Å². The molecule has 1 saturated heterocycles. The van der Waals surface area contributed by atoms with Crippen LogP contribution >= 0.6 is 0 Å². The third-order valence-corrected chi connectivity index (χ3v) is 2.82. The summed E-state index contributed by atoms with van der Waals surface area (Å²) in [6, 6.07) is 3.01. The molecule has 18 heavy (non-hydrogen) atoms. The van der Waals surface area contributed by atoms with Crippen LogP contribution in [-0.4, -0.2) is 47.3 Å². The van der Waals surface area contributed by atoms with E-state index in [0.29, 0.717) is 13.1 Å². The summed E-state index contributed by atoms with van der Waals surface area (Å²) in [7, 11) is 1.80. The summed E-state index contributed by atoms with van der Waals surface area (Å²) in [6.45, 7) is 0.864. The van der Waals surface area contributed by atoms with Gasteiger partial charge in [0.1, 0.15) is 18.0 Å². The van der Waals surface area contributed by atoms with Crippen LogP contribution in [0.5, 0.6) is 5.75 Å². The minimum atomic E-state index is -0.738. The van der Waals surface area contributed by atoms with Gasteiger partial charge in [0.15, 0.2) is 5.75 Å². The van der Waals surface area contributed by atoms with Gasteiger partial charge in [-0.2, -0.15) is 0 Å². The van der Waals surface area contributed by atoms with Crippen molar-refractivity contribution in [2.75, 3.05) is 20.1 Å². The molecule has 0 amide bonds. The molecule has 0 spiro atoms. The van der Waals surface area contributed by atoms with Crippen LogP contribution < -0.4 is 4.74 Å². The topological polar surface area (TPSA) is 75.8 Å². The molecule has 1 aliphatic heterocycles. The van der Waals surface area contributed by atoms with Crippen molar-refractivity contribution in [1.82, 2.24) is 4.90 Å². The van der Waals surface area contributed by atoms with Crippen LogP contribution in [-0.2, 0) is 0 Å². The maximum atomic E-state index is 13.1. The maximum absolute atomic E-state index is 13.1. The summed E-state index contributed by atoms with van der Waals surface area (Å²) in [5.41, 5.74) is -0.307. The second-order valence-electron chi connectivity index (χ2n) is 4.31. The number of β-amino-alcohol motifs (C(OH)–C–C–N with tert-alkyl or cyclic N) is 1. The molecule has 2 atom stereocenters. The zero-order valence-corrected chi connectivity index (χ0v) is 9.75. The van der Waals surface area contributed by atoms with Gasteiger partial charge in [0.2, 0.25) is 0 Å². The molecule has 7 heteroatoms. The molecule has 1 aromatic rings. The Bertz CT molecular complexity index is 468. The highest BCUT2D eigenvalue weighted by Gasteiger charge is 2.32. The third kappa shape index (κ3) is 2.57. The van der Waals surface area contributed by atoms with Crippen molar-refractivity contribution in [3.63, 3.8) is 0 Å². The Morgan fingerprint density at radius 2 is 2.28 bits per heavy atom. The Balaban J connectivity index is 2.22. The highest BCUT2D eigenvalue weighted by molar-refractivity contribution is 5.46. The predicted octanol–water partition coefficient (Wildman–Crippen LogP) is 0.788. The van der Waals surface area contributed by atoms with E-state index in [4.69, 9.17) is 4.74 Å². The van der Waals surface area contributed by atoms with Crippen LogP contribution in [0, 0.1) is 15.9 Å². The number of hydrogen-bond acceptors (Lipinski definition) is 5. The lowest BCUT2D eigenvalue weighted by atomic mass is 10.2. The Labute approximate surface area is 103 Å². The Kier molecular flexibility index (Phi) is 3.44. The first kappa shape index (κ1) is 12.7. The smallest absolute Gasteiger partial charge is 0.311 e. The van der Waals surface area contributed by atoms with Crippen molar-refractivity contribution in [2.45, 2.75) is 12.2 Å². The second-order valence-corrected chi connectivity index (χ2v) is 4.31. The molecule has 2 rings (SSSR count). The Hall–Kier alpha value is -1.73. The van der Waals surface area contributed by atoms with Crippen molar-refractivity contribution in [3.05, 3.63) is 34.1 Å². The number of nitro benzene ring substituents is 1. The third-order valence-electron chi connectivity index (χ3n) is 2.82. The first-order chi connectivity index (χ1) is 8.47. The molecule has 0 aliphatic carbocycles. The van der Waals surface area contributed by atoms with E-state index in [2.05, 4.69) is 0 Å². The van der Waals surface area contributed by atoms with Crippen molar-refractivity contribution < 1.29 is 19.2 Å². The van der Waals surface area contributed by atoms with Crippen molar-refractivity contribution in [2.24, 2.45) is 0 Å². The van der Waals surface area contributed by atoms with E-state index < -0.39 is 22.9 Å². The van der Waals surface area contributed by atoms with Crippen LogP contribution in [0.3, 0.4) is 0 Å². The van der Waals surface area contributed by atoms with Gasteiger partial charge >= 0.3 is 5.69 Å². The van der Waals surface area contributed by atoms with E-state index in [-0.39, 0.29) is 11.4 Å². The number of aliphatic hydroxyl groups excluding tert-OH is 1. The molecule has 0 radical (unpaired) electrons. The molecule has 0 bridgehead atoms. The van der Waals surface area contributed by atoms with E-state index >= 15 is 0 Å². The molecule has 1 N–H and O–H groups in total. The Morgan fingerprint density at radius 1 is 1.56 bits per heavy atom. The molecule has 0 aromatic heterocycles. The standard InChI is InChI=1S/C11H13FN2O4/c1-13-5-9(15)11(6-13)18-10-4-7(12)2-3-8(10)14(16)17/h2-4,9,11,15H,5-6H2,1H3. The van der Waals surface area contributed by atoms with Crippen LogP contribution in [0.4, 0.5) is 10.1 Å². The summed E-state index contributed by atoms with van der Waals surface area (Å²) in [5.74, 6) is -0.768. The van der Waals surface area contributed by atoms with Gasteiger partial charge in [0.05, 0.1) is 4.92 Å². The maximum Gasteiger partial charge on any atom is 0.311 e. The minimum absolute atomic E-state index is 0.153. The molecule has 6 nitrogen and oxygen atoms in total. The zero-order valence-electron chi connectivity index (χ0n) is 9.75. The van der Waals surface area contributed by atoms with Gasteiger partial charge in [-0.1, -0.05) is 0 Å². The molecule has 1 aromatic carbocycles. The fourth-order valence-electron chi connectivity index (χ4n) is 1.95. The SMILES string of the molecule is CN1CC(O)C(Oc2cc(F)ccc2[N+](=O)[O-])C1. The molecule has 1 fully saturated rings. The number of ether oxygens (including phenoxy) is 1. The zero-order chi connectivity index (χ0) is 13.3. The number of hydrogen-bond donors (Lipinski definition) is 1. The van der Waals surface area contributed by atoms with E-state index in [1.807, 2.05) is 4.90 Å². The lowest BCUT2D eigenvalue weighted by molar-refractivity contribution is -0.386. The summed E-state index contributed by atoms with van der Waals surface area (Å²) >= 11 is 0. The molecule has 98 valence electrons. The minimum Gasteiger partial charge on any atom is -0.479 e. The summed E-state index contributed by atoms with van der Waals surface area (Å²) in [5, 5.41) is 20.5. The van der Waals surface area contributed by atoms with Crippen LogP contribution in [0.2, 0.25) is 0 Å². The van der Waals surface area contributed by atoms with Crippen LogP contribution in [0.25, 0.3) is 0 Å². The molecular formula is C11H13FN2O4. The summed E-state index contributed by atoms with van der Waals surface area (Å²) in [4.78, 5) is 12.0. The average molecular weight is 256 g/mol. The second kappa shape index (κ2) is 4.87. The largest absolute Gasteiger partial charge is 0.479 e. The van der Waals surface area contributed by atoms with Gasteiger partial charge in [-0.15, -0.1) is 0 Å². The summed E-state index contributed by atoms with van der Waals surface area (Å²) < 4.78 is 18.4. The molecular weight excluding hydrogens is 243 g/mol. The normalized spacial score (nSPS) is 24.2. The fraction of sp³-hybridized carbons (Fsp3) is 0.455. The lowest BCUT2D eigenvalue weighted by Crippen LogP contribution is -2.30. The molecule has 2 unspecified atom stereocenters. The van der Waals surface area contributed by atoms with Gasteiger partial charge in [-0.25, -0.2) is 4.39 Å². The number of nitro groups is 1. The number of halogens is 1. The monoisotopic (exact) mass is 256 g/mol. The molecule has 0 saturated carbocycles. The number of likely N-dealkylation sites (N-methyl/N-ethyl adjacent to an activating group) is 1. The predicted molar refractivity (Wildman–Crippen MR) is 61.0 cm³/mol. The first-order valence-corrected chi connectivity index (χ1v) is 5.44.